The molecule has 0 amide bonds. The van der Waals surface area contributed by atoms with Gasteiger partial charge in [0.2, 0.25) is 0 Å². The first kappa shape index (κ1) is 17.6. The SMILES string of the molecule is COc1ccc(-c2ccc(=O)n(Cc3cc(F)cc(F)c3)n2)cc1OC. The van der Waals surface area contributed by atoms with Crippen LogP contribution in [0.3, 0.4) is 0 Å². The number of halogens is 2. The summed E-state index contributed by atoms with van der Waals surface area (Å²) in [5.74, 6) is -0.315. The predicted octanol–water partition coefficient (Wildman–Crippen LogP) is 3.25. The number of hydrogen-bond acceptors (Lipinski definition) is 4. The van der Waals surface area contributed by atoms with E-state index in [-0.39, 0.29) is 12.1 Å². The summed E-state index contributed by atoms with van der Waals surface area (Å²) in [6.45, 7) is -0.0470. The van der Waals surface area contributed by atoms with Crippen molar-refractivity contribution in [2.45, 2.75) is 6.54 Å². The van der Waals surface area contributed by atoms with Crippen LogP contribution in [0.25, 0.3) is 11.3 Å². The Balaban J connectivity index is 1.99. The number of benzene rings is 2. The highest BCUT2D eigenvalue weighted by atomic mass is 19.1. The van der Waals surface area contributed by atoms with Crippen LogP contribution >= 0.6 is 0 Å². The Bertz CT molecular complexity index is 982. The molecule has 3 aromatic rings. The maximum Gasteiger partial charge on any atom is 0.267 e. The van der Waals surface area contributed by atoms with Crippen LogP contribution in [0.15, 0.2) is 53.3 Å². The topological polar surface area (TPSA) is 53.4 Å². The average molecular weight is 358 g/mol. The van der Waals surface area contributed by atoms with Gasteiger partial charge in [0.25, 0.3) is 5.56 Å². The first-order valence-electron chi connectivity index (χ1n) is 7.75. The van der Waals surface area contributed by atoms with E-state index in [2.05, 4.69) is 5.10 Å². The fourth-order valence-corrected chi connectivity index (χ4v) is 2.59. The van der Waals surface area contributed by atoms with Crippen LogP contribution in [0.1, 0.15) is 5.56 Å². The standard InChI is InChI=1S/C19H16F2N2O3/c1-25-17-5-3-13(9-18(17)26-2)16-4-6-19(24)23(22-16)11-12-7-14(20)10-15(21)8-12/h3-10H,11H2,1-2H3. The third kappa shape index (κ3) is 3.72. The minimum atomic E-state index is -0.705. The molecule has 0 aliphatic heterocycles. The molecule has 0 bridgehead atoms. The molecule has 0 saturated heterocycles. The van der Waals surface area contributed by atoms with Gasteiger partial charge in [-0.25, -0.2) is 13.5 Å². The molecule has 1 aromatic heterocycles. The van der Waals surface area contributed by atoms with Gasteiger partial charge in [-0.15, -0.1) is 0 Å². The highest BCUT2D eigenvalue weighted by Gasteiger charge is 2.10. The van der Waals surface area contributed by atoms with Gasteiger partial charge in [0.1, 0.15) is 11.6 Å². The summed E-state index contributed by atoms with van der Waals surface area (Å²) in [4.78, 5) is 12.1. The minimum Gasteiger partial charge on any atom is -0.493 e. The highest BCUT2D eigenvalue weighted by Crippen LogP contribution is 2.31. The fraction of sp³-hybridized carbons (Fsp3) is 0.158. The second kappa shape index (κ2) is 7.35. The van der Waals surface area contributed by atoms with Crippen LogP contribution in [0.5, 0.6) is 11.5 Å². The number of methoxy groups -OCH3 is 2. The first-order valence-corrected chi connectivity index (χ1v) is 7.75. The molecule has 0 aliphatic rings. The fourth-order valence-electron chi connectivity index (χ4n) is 2.59. The van der Waals surface area contributed by atoms with Crippen molar-refractivity contribution in [3.8, 4) is 22.8 Å². The van der Waals surface area contributed by atoms with Crippen LogP contribution in [-0.2, 0) is 6.54 Å². The third-order valence-corrected chi connectivity index (χ3v) is 3.80. The summed E-state index contributed by atoms with van der Waals surface area (Å²) in [5.41, 5.74) is 1.16. The van der Waals surface area contributed by atoms with Crippen LogP contribution in [0.2, 0.25) is 0 Å². The average Bonchev–Trinajstić information content (AvgIpc) is 2.62. The molecule has 0 saturated carbocycles. The zero-order chi connectivity index (χ0) is 18.7. The van der Waals surface area contributed by atoms with E-state index in [1.54, 1.807) is 24.3 Å². The van der Waals surface area contributed by atoms with Gasteiger partial charge >= 0.3 is 0 Å². The van der Waals surface area contributed by atoms with E-state index in [1.807, 2.05) is 0 Å². The molecule has 0 aliphatic carbocycles. The van der Waals surface area contributed by atoms with E-state index >= 15 is 0 Å². The van der Waals surface area contributed by atoms with Crippen LogP contribution in [0, 0.1) is 11.6 Å². The van der Waals surface area contributed by atoms with Gasteiger partial charge in [0.05, 0.1) is 26.5 Å². The molecular formula is C19H16F2N2O3. The molecule has 26 heavy (non-hydrogen) atoms. The number of hydrogen-bond donors (Lipinski definition) is 0. The molecule has 134 valence electrons. The Morgan fingerprint density at radius 3 is 2.27 bits per heavy atom. The van der Waals surface area contributed by atoms with Crippen molar-refractivity contribution in [3.63, 3.8) is 0 Å². The molecule has 0 radical (unpaired) electrons. The normalized spacial score (nSPS) is 10.6. The van der Waals surface area contributed by atoms with Crippen LogP contribution in [0.4, 0.5) is 8.78 Å². The quantitative estimate of drug-likeness (QED) is 0.703. The molecular weight excluding hydrogens is 342 g/mol. The van der Waals surface area contributed by atoms with Gasteiger partial charge in [-0.3, -0.25) is 4.79 Å². The van der Waals surface area contributed by atoms with E-state index in [9.17, 15) is 13.6 Å². The van der Waals surface area contributed by atoms with Gasteiger partial charge in [-0.05, 0) is 42.0 Å². The lowest BCUT2D eigenvalue weighted by atomic mass is 10.1. The zero-order valence-electron chi connectivity index (χ0n) is 14.2. The molecule has 7 heteroatoms. The van der Waals surface area contributed by atoms with E-state index < -0.39 is 11.6 Å². The number of rotatable bonds is 5. The summed E-state index contributed by atoms with van der Waals surface area (Å²) in [6, 6.07) is 11.3. The highest BCUT2D eigenvalue weighted by molar-refractivity contribution is 5.63. The Kier molecular flexibility index (Phi) is 4.97. The summed E-state index contributed by atoms with van der Waals surface area (Å²) in [5, 5.41) is 4.29. The van der Waals surface area contributed by atoms with Crippen molar-refractivity contribution in [1.29, 1.82) is 0 Å². The van der Waals surface area contributed by atoms with E-state index in [1.165, 1.54) is 32.4 Å². The molecule has 1 heterocycles. The first-order chi connectivity index (χ1) is 12.5. The molecule has 0 atom stereocenters. The van der Waals surface area contributed by atoms with Gasteiger partial charge in [-0.1, -0.05) is 0 Å². The molecule has 0 N–H and O–H groups in total. The second-order valence-electron chi connectivity index (χ2n) is 5.56. The minimum absolute atomic E-state index is 0.0470. The molecule has 3 rings (SSSR count). The van der Waals surface area contributed by atoms with Crippen LogP contribution in [-0.4, -0.2) is 24.0 Å². The maximum absolute atomic E-state index is 13.4. The largest absolute Gasteiger partial charge is 0.493 e. The molecule has 0 spiro atoms. The monoisotopic (exact) mass is 358 g/mol. The summed E-state index contributed by atoms with van der Waals surface area (Å²) >= 11 is 0. The van der Waals surface area contributed by atoms with Gasteiger partial charge < -0.3 is 9.47 Å². The van der Waals surface area contributed by atoms with E-state index in [0.717, 1.165) is 10.7 Å². The number of aromatic nitrogens is 2. The number of ether oxygens (including phenoxy) is 2. The molecule has 0 fully saturated rings. The van der Waals surface area contributed by atoms with Crippen molar-refractivity contribution in [3.05, 3.63) is 76.1 Å². The second-order valence-corrected chi connectivity index (χ2v) is 5.56. The molecule has 0 unspecified atom stereocenters. The Labute approximate surface area is 148 Å². The van der Waals surface area contributed by atoms with Crippen molar-refractivity contribution < 1.29 is 18.3 Å². The summed E-state index contributed by atoms with van der Waals surface area (Å²) in [7, 11) is 3.06. The third-order valence-electron chi connectivity index (χ3n) is 3.80. The predicted molar refractivity (Wildman–Crippen MR) is 92.5 cm³/mol. The zero-order valence-corrected chi connectivity index (χ0v) is 14.2. The maximum atomic E-state index is 13.4. The van der Waals surface area contributed by atoms with E-state index in [4.69, 9.17) is 9.47 Å². The molecule has 5 nitrogen and oxygen atoms in total. The Morgan fingerprint density at radius 1 is 0.923 bits per heavy atom. The van der Waals surface area contributed by atoms with Crippen LogP contribution < -0.4 is 15.0 Å². The smallest absolute Gasteiger partial charge is 0.267 e. The van der Waals surface area contributed by atoms with Crippen molar-refractivity contribution in [2.75, 3.05) is 14.2 Å². The summed E-state index contributed by atoms with van der Waals surface area (Å²) in [6.07, 6.45) is 0. The van der Waals surface area contributed by atoms with Crippen molar-refractivity contribution >= 4 is 0 Å². The Morgan fingerprint density at radius 2 is 1.62 bits per heavy atom. The lowest BCUT2D eigenvalue weighted by Gasteiger charge is -2.11. The Hall–Kier alpha value is -3.22. The van der Waals surface area contributed by atoms with E-state index in [0.29, 0.717) is 28.3 Å². The van der Waals surface area contributed by atoms with Gasteiger partial charge in [0.15, 0.2) is 11.5 Å². The van der Waals surface area contributed by atoms with Crippen molar-refractivity contribution in [1.82, 2.24) is 9.78 Å². The van der Waals surface area contributed by atoms with Gasteiger partial charge in [-0.2, -0.15) is 5.10 Å². The summed E-state index contributed by atoms with van der Waals surface area (Å²) < 4.78 is 38.3. The number of nitrogens with zero attached hydrogens (tertiary/aromatic N) is 2. The lowest BCUT2D eigenvalue weighted by molar-refractivity contribution is 0.355. The van der Waals surface area contributed by atoms with Crippen molar-refractivity contribution in [2.24, 2.45) is 0 Å². The lowest BCUT2D eigenvalue weighted by Crippen LogP contribution is -2.23. The molecule has 2 aromatic carbocycles. The van der Waals surface area contributed by atoms with Gasteiger partial charge in [0, 0.05) is 17.7 Å².